The predicted molar refractivity (Wildman–Crippen MR) is 107 cm³/mol. The lowest BCUT2D eigenvalue weighted by Crippen LogP contribution is -2.10. The Hall–Kier alpha value is -3.26. The zero-order valence-corrected chi connectivity index (χ0v) is 15.9. The van der Waals surface area contributed by atoms with Crippen LogP contribution in [0.3, 0.4) is 0 Å². The molecular formula is C22H24N2O3. The van der Waals surface area contributed by atoms with Gasteiger partial charge in [0.25, 0.3) is 0 Å². The molecule has 1 amide bonds. The molecule has 2 aromatic carbocycles. The van der Waals surface area contributed by atoms with Crippen molar-refractivity contribution in [3.05, 3.63) is 59.7 Å². The van der Waals surface area contributed by atoms with E-state index in [0.717, 1.165) is 23.2 Å². The molecule has 0 saturated carbocycles. The first kappa shape index (κ1) is 20.1. The summed E-state index contributed by atoms with van der Waals surface area (Å²) in [6, 6.07) is 15.0. The molecule has 0 aliphatic carbocycles. The summed E-state index contributed by atoms with van der Waals surface area (Å²) in [6.45, 7) is 4.22. The second-order valence-electron chi connectivity index (χ2n) is 6.08. The maximum absolute atomic E-state index is 12.3. The largest absolute Gasteiger partial charge is 0.493 e. The molecule has 5 nitrogen and oxygen atoms in total. The average Bonchev–Trinajstić information content (AvgIpc) is 2.70. The molecule has 0 aliphatic rings. The van der Waals surface area contributed by atoms with Gasteiger partial charge in [0.2, 0.25) is 5.91 Å². The van der Waals surface area contributed by atoms with Crippen molar-refractivity contribution in [2.24, 2.45) is 0 Å². The van der Waals surface area contributed by atoms with Gasteiger partial charge in [-0.25, -0.2) is 0 Å². The van der Waals surface area contributed by atoms with E-state index in [4.69, 9.17) is 14.7 Å². The summed E-state index contributed by atoms with van der Waals surface area (Å²) in [6.07, 6.45) is 4.19. The normalized spacial score (nSPS) is 11.6. The number of ether oxygens (including phenoxy) is 2. The Morgan fingerprint density at radius 2 is 2.04 bits per heavy atom. The third-order valence-electron chi connectivity index (χ3n) is 4.27. The summed E-state index contributed by atoms with van der Waals surface area (Å²) >= 11 is 0. The van der Waals surface area contributed by atoms with Gasteiger partial charge in [-0.2, -0.15) is 5.26 Å². The summed E-state index contributed by atoms with van der Waals surface area (Å²) < 4.78 is 10.6. The summed E-state index contributed by atoms with van der Waals surface area (Å²) in [5.74, 6) is 1.17. The first-order chi connectivity index (χ1) is 13.1. The number of rotatable bonds is 8. The fourth-order valence-electron chi connectivity index (χ4n) is 2.62. The van der Waals surface area contributed by atoms with Gasteiger partial charge in [0.05, 0.1) is 7.11 Å². The zero-order valence-electron chi connectivity index (χ0n) is 15.9. The van der Waals surface area contributed by atoms with E-state index in [1.54, 1.807) is 24.3 Å². The van der Waals surface area contributed by atoms with Crippen LogP contribution in [0.25, 0.3) is 6.08 Å². The molecule has 0 radical (unpaired) electrons. The quantitative estimate of drug-likeness (QED) is 0.685. The van der Waals surface area contributed by atoms with E-state index >= 15 is 0 Å². The molecule has 0 saturated heterocycles. The van der Waals surface area contributed by atoms with E-state index in [0.29, 0.717) is 17.4 Å². The van der Waals surface area contributed by atoms with Crippen LogP contribution in [-0.2, 0) is 4.79 Å². The molecule has 0 fully saturated rings. The van der Waals surface area contributed by atoms with Crippen LogP contribution >= 0.6 is 0 Å². The van der Waals surface area contributed by atoms with Gasteiger partial charge in [0.15, 0.2) is 18.1 Å². The maximum Gasteiger partial charge on any atom is 0.248 e. The number of benzene rings is 2. The van der Waals surface area contributed by atoms with Crippen molar-refractivity contribution in [3.8, 4) is 17.6 Å². The standard InChI is InChI=1S/C22H24N2O3/c1-4-16(2)18-7-5-6-8-19(18)24-22(25)12-10-17-9-11-20(27-14-13-23)21(15-17)26-3/h5-12,15-16H,4,14H2,1-3H3,(H,24,25)/b12-10+/t16-/m0/s1. The van der Waals surface area contributed by atoms with Gasteiger partial charge in [-0.3, -0.25) is 4.79 Å². The van der Waals surface area contributed by atoms with Crippen LogP contribution in [0.4, 0.5) is 5.69 Å². The van der Waals surface area contributed by atoms with Gasteiger partial charge in [0.1, 0.15) is 6.07 Å². The van der Waals surface area contributed by atoms with Gasteiger partial charge in [-0.1, -0.05) is 38.1 Å². The molecule has 140 valence electrons. The summed E-state index contributed by atoms with van der Waals surface area (Å²) in [4.78, 5) is 12.3. The Kier molecular flexibility index (Phi) is 7.45. The van der Waals surface area contributed by atoms with Crippen molar-refractivity contribution in [1.82, 2.24) is 0 Å². The number of para-hydroxylation sites is 1. The first-order valence-electron chi connectivity index (χ1n) is 8.84. The average molecular weight is 364 g/mol. The third-order valence-corrected chi connectivity index (χ3v) is 4.27. The van der Waals surface area contributed by atoms with Crippen LogP contribution in [0.2, 0.25) is 0 Å². The van der Waals surface area contributed by atoms with Crippen molar-refractivity contribution >= 4 is 17.7 Å². The smallest absolute Gasteiger partial charge is 0.248 e. The monoisotopic (exact) mass is 364 g/mol. The van der Waals surface area contributed by atoms with Gasteiger partial charge in [-0.05, 0) is 47.7 Å². The number of methoxy groups -OCH3 is 1. The Balaban J connectivity index is 2.10. The molecule has 0 heterocycles. The van der Waals surface area contributed by atoms with E-state index < -0.39 is 0 Å². The summed E-state index contributed by atoms with van der Waals surface area (Å²) in [5.41, 5.74) is 2.75. The lowest BCUT2D eigenvalue weighted by Gasteiger charge is -2.14. The molecule has 27 heavy (non-hydrogen) atoms. The number of nitriles is 1. The number of hydrogen-bond donors (Lipinski definition) is 1. The maximum atomic E-state index is 12.3. The fourth-order valence-corrected chi connectivity index (χ4v) is 2.62. The van der Waals surface area contributed by atoms with Crippen molar-refractivity contribution in [2.75, 3.05) is 19.0 Å². The van der Waals surface area contributed by atoms with Crippen molar-refractivity contribution < 1.29 is 14.3 Å². The number of carbonyl (C=O) groups is 1. The molecule has 0 aromatic heterocycles. The highest BCUT2D eigenvalue weighted by Crippen LogP contribution is 2.29. The molecule has 0 aliphatic heterocycles. The molecule has 1 N–H and O–H groups in total. The van der Waals surface area contributed by atoms with Crippen LogP contribution < -0.4 is 14.8 Å². The Morgan fingerprint density at radius 3 is 2.74 bits per heavy atom. The molecule has 0 unspecified atom stereocenters. The molecular weight excluding hydrogens is 340 g/mol. The Bertz CT molecular complexity index is 853. The highest BCUT2D eigenvalue weighted by molar-refractivity contribution is 6.02. The van der Waals surface area contributed by atoms with Gasteiger partial charge < -0.3 is 14.8 Å². The van der Waals surface area contributed by atoms with Crippen LogP contribution in [0, 0.1) is 11.3 Å². The minimum Gasteiger partial charge on any atom is -0.493 e. The minimum absolute atomic E-state index is 0.0520. The number of hydrogen-bond acceptors (Lipinski definition) is 4. The molecule has 0 spiro atoms. The molecule has 5 heteroatoms. The lowest BCUT2D eigenvalue weighted by atomic mass is 9.97. The fraction of sp³-hybridized carbons (Fsp3) is 0.273. The van der Waals surface area contributed by atoms with E-state index in [1.807, 2.05) is 30.3 Å². The van der Waals surface area contributed by atoms with Gasteiger partial charge in [-0.15, -0.1) is 0 Å². The molecule has 2 rings (SSSR count). The van der Waals surface area contributed by atoms with E-state index in [9.17, 15) is 4.79 Å². The van der Waals surface area contributed by atoms with Gasteiger partial charge in [0, 0.05) is 11.8 Å². The van der Waals surface area contributed by atoms with Crippen molar-refractivity contribution in [1.29, 1.82) is 5.26 Å². The SMILES string of the molecule is CC[C@H](C)c1ccccc1NC(=O)/C=C/c1ccc(OCC#N)c(OC)c1. The minimum atomic E-state index is -0.200. The number of carbonyl (C=O) groups excluding carboxylic acids is 1. The third kappa shape index (κ3) is 5.61. The summed E-state index contributed by atoms with van der Waals surface area (Å²) in [7, 11) is 1.53. The molecule has 2 aromatic rings. The predicted octanol–water partition coefficient (Wildman–Crippen LogP) is 4.76. The zero-order chi connectivity index (χ0) is 19.6. The van der Waals surface area contributed by atoms with Crippen LogP contribution in [0.1, 0.15) is 37.3 Å². The topological polar surface area (TPSA) is 71.3 Å². The number of anilines is 1. The van der Waals surface area contributed by atoms with Crippen LogP contribution in [0.15, 0.2) is 48.5 Å². The van der Waals surface area contributed by atoms with Crippen LogP contribution in [0.5, 0.6) is 11.5 Å². The van der Waals surface area contributed by atoms with E-state index in [2.05, 4.69) is 19.2 Å². The number of nitrogens with one attached hydrogen (secondary N) is 1. The van der Waals surface area contributed by atoms with E-state index in [-0.39, 0.29) is 12.5 Å². The van der Waals surface area contributed by atoms with Gasteiger partial charge >= 0.3 is 0 Å². The van der Waals surface area contributed by atoms with E-state index in [1.165, 1.54) is 13.2 Å². The lowest BCUT2D eigenvalue weighted by molar-refractivity contribution is -0.111. The van der Waals surface area contributed by atoms with Crippen LogP contribution in [-0.4, -0.2) is 19.6 Å². The highest BCUT2D eigenvalue weighted by atomic mass is 16.5. The Morgan fingerprint density at radius 1 is 1.26 bits per heavy atom. The molecule has 0 bridgehead atoms. The second-order valence-corrected chi connectivity index (χ2v) is 6.08. The van der Waals surface area contributed by atoms with Crippen molar-refractivity contribution in [3.63, 3.8) is 0 Å². The Labute approximate surface area is 160 Å². The number of amides is 1. The number of nitrogens with zero attached hydrogens (tertiary/aromatic N) is 1. The first-order valence-corrected chi connectivity index (χ1v) is 8.84. The highest BCUT2D eigenvalue weighted by Gasteiger charge is 2.10. The second kappa shape index (κ2) is 10.0. The molecule has 1 atom stereocenters. The summed E-state index contributed by atoms with van der Waals surface area (Å²) in [5, 5.41) is 11.6. The van der Waals surface area contributed by atoms with Crippen molar-refractivity contribution in [2.45, 2.75) is 26.2 Å².